The van der Waals surface area contributed by atoms with Crippen LogP contribution in [0.25, 0.3) is 27.3 Å². The Balaban J connectivity index is 0.000000778. The zero-order valence-corrected chi connectivity index (χ0v) is 25.1. The summed E-state index contributed by atoms with van der Waals surface area (Å²) < 4.78 is 14.7. The molecule has 0 radical (unpaired) electrons. The van der Waals surface area contributed by atoms with E-state index in [9.17, 15) is 0 Å². The third-order valence-corrected chi connectivity index (χ3v) is 6.46. The third-order valence-electron chi connectivity index (χ3n) is 5.62. The van der Waals surface area contributed by atoms with Crippen LogP contribution in [0, 0.1) is 0 Å². The zero-order chi connectivity index (χ0) is 22.9. The molecule has 0 amide bonds. The average Bonchev–Trinajstić information content (AvgIpc) is 3.28. The summed E-state index contributed by atoms with van der Waals surface area (Å²) in [4.78, 5) is 0. The van der Waals surface area contributed by atoms with Crippen molar-refractivity contribution in [3.05, 3.63) is 95.2 Å². The number of ether oxygens (including phenoxy) is 1. The van der Waals surface area contributed by atoms with Crippen LogP contribution in [0.2, 0.25) is 19.6 Å². The number of hydrogen-bond acceptors (Lipinski definition) is 2. The smallest absolute Gasteiger partial charge is 1.00 e. The fourth-order valence-electron chi connectivity index (χ4n) is 4.57. The number of fused-ring (bicyclic) bond motifs is 4. The molecule has 0 fully saturated rings. The Kier molecular flexibility index (Phi) is 10.0. The molecule has 34 heavy (non-hydrogen) atoms. The summed E-state index contributed by atoms with van der Waals surface area (Å²) in [5, 5.41) is 5.18. The van der Waals surface area contributed by atoms with Crippen molar-refractivity contribution >= 4 is 39.3 Å². The molecule has 2 nitrogen and oxygen atoms in total. The van der Waals surface area contributed by atoms with Gasteiger partial charge in [0.1, 0.15) is 5.76 Å². The quantitative estimate of drug-likeness (QED) is 0.266. The topological polar surface area (TPSA) is 18.5 Å². The maximum atomic E-state index is 6.67. The van der Waals surface area contributed by atoms with Crippen LogP contribution in [0.3, 0.4) is 0 Å². The molecule has 4 aromatic rings. The predicted octanol–water partition coefficient (Wildman–Crippen LogP) is 1.39. The second-order valence-corrected chi connectivity index (χ2v) is 14.8. The van der Waals surface area contributed by atoms with E-state index in [2.05, 4.69) is 96.1 Å². The Labute approximate surface area is 231 Å². The largest absolute Gasteiger partial charge is 1.00 e. The molecule has 0 aromatic heterocycles. The van der Waals surface area contributed by atoms with E-state index in [1.807, 2.05) is 6.92 Å². The van der Waals surface area contributed by atoms with Crippen LogP contribution in [0.4, 0.5) is 0 Å². The molecular formula is C28H29Cl2O2SiZr-. The van der Waals surface area contributed by atoms with Crippen molar-refractivity contribution in [1.82, 2.24) is 0 Å². The van der Waals surface area contributed by atoms with E-state index in [4.69, 9.17) is 9.16 Å². The Hall–Kier alpha value is -1.58. The van der Waals surface area contributed by atoms with E-state index in [1.54, 1.807) is 7.11 Å². The average molecular weight is 588 g/mol. The molecule has 1 unspecified atom stereocenters. The summed E-state index contributed by atoms with van der Waals surface area (Å²) >= 11 is 1.51. The number of methoxy groups -OCH3 is 1. The Bertz CT molecular complexity index is 1320. The molecule has 0 saturated heterocycles. The van der Waals surface area contributed by atoms with E-state index >= 15 is 0 Å². The van der Waals surface area contributed by atoms with Gasteiger partial charge in [-0.1, -0.05) is 66.2 Å². The maximum Gasteiger partial charge on any atom is -1.00 e. The fourth-order valence-corrected chi connectivity index (χ4v) is 5.44. The normalized spacial score (nSPS) is 14.5. The van der Waals surface area contributed by atoms with Gasteiger partial charge in [-0.15, -0.1) is 33.7 Å². The predicted molar refractivity (Wildman–Crippen MR) is 135 cm³/mol. The molecule has 0 bridgehead atoms. The molecular weight excluding hydrogens is 559 g/mol. The van der Waals surface area contributed by atoms with Gasteiger partial charge in [0.2, 0.25) is 8.32 Å². The summed E-state index contributed by atoms with van der Waals surface area (Å²) in [6.07, 6.45) is 0. The minimum Gasteiger partial charge on any atom is -1.00 e. The summed E-state index contributed by atoms with van der Waals surface area (Å²) in [5.41, 5.74) is 3.68. The van der Waals surface area contributed by atoms with Gasteiger partial charge in [0.15, 0.2) is 5.76 Å². The Morgan fingerprint density at radius 3 is 2.12 bits per heavy atom. The number of hydrogen-bond donors (Lipinski definition) is 0. The van der Waals surface area contributed by atoms with Crippen molar-refractivity contribution in [2.75, 3.05) is 7.11 Å². The van der Waals surface area contributed by atoms with E-state index in [0.717, 1.165) is 17.1 Å². The van der Waals surface area contributed by atoms with Crippen LogP contribution in [-0.2, 0) is 33.4 Å². The standard InChI is InChI=1S/C26H25O2Si.C2H4.2ClH.Zr/c1-27-25-22-13-8-7-12-20(22)24(26(25)28-29(2,3)4)21-15-9-14-19-18-11-6-5-10-17(18)16-23(19)21;1-2;;;/h5-16,24H,1-4H3;1H,2H3;2*1H;/q-1;;;;+2/p-2. The third kappa shape index (κ3) is 5.46. The van der Waals surface area contributed by atoms with Gasteiger partial charge in [0.05, 0.1) is 7.11 Å². The summed E-state index contributed by atoms with van der Waals surface area (Å²) in [7, 11) is -0.0819. The molecule has 1 aliphatic carbocycles. The number of allylic oxidation sites excluding steroid dienone is 1. The van der Waals surface area contributed by atoms with Crippen molar-refractivity contribution in [2.45, 2.75) is 32.5 Å². The summed E-state index contributed by atoms with van der Waals surface area (Å²) in [6, 6.07) is 26.1. The first-order chi connectivity index (χ1) is 15.4. The van der Waals surface area contributed by atoms with Crippen LogP contribution in [0.15, 0.2) is 78.6 Å². The summed E-state index contributed by atoms with van der Waals surface area (Å²) in [5.74, 6) is 1.89. The minimum atomic E-state index is -1.83. The molecule has 6 heteroatoms. The molecule has 0 saturated carbocycles. The molecule has 1 aliphatic rings. The van der Waals surface area contributed by atoms with E-state index in [-0.39, 0.29) is 30.7 Å². The van der Waals surface area contributed by atoms with Crippen molar-refractivity contribution in [3.63, 3.8) is 0 Å². The molecule has 176 valence electrons. The van der Waals surface area contributed by atoms with E-state index < -0.39 is 8.32 Å². The van der Waals surface area contributed by atoms with Gasteiger partial charge in [0, 0.05) is 11.5 Å². The van der Waals surface area contributed by atoms with Crippen molar-refractivity contribution in [1.29, 1.82) is 0 Å². The van der Waals surface area contributed by atoms with Gasteiger partial charge in [-0.2, -0.15) is 0 Å². The van der Waals surface area contributed by atoms with Gasteiger partial charge >= 0.3 is 34.9 Å². The van der Waals surface area contributed by atoms with Gasteiger partial charge in [-0.3, -0.25) is 0 Å². The minimum absolute atomic E-state index is 0. The van der Waals surface area contributed by atoms with Crippen molar-refractivity contribution in [3.8, 4) is 0 Å². The number of halogens is 2. The van der Waals surface area contributed by atoms with Crippen LogP contribution < -0.4 is 24.8 Å². The van der Waals surface area contributed by atoms with Crippen molar-refractivity contribution < 1.29 is 58.2 Å². The monoisotopic (exact) mass is 585 g/mol. The van der Waals surface area contributed by atoms with Crippen LogP contribution in [0.5, 0.6) is 0 Å². The first-order valence-corrected chi connectivity index (χ1v) is 15.8. The molecule has 0 spiro atoms. The van der Waals surface area contributed by atoms with Gasteiger partial charge in [-0.25, -0.2) is 0 Å². The SMILES string of the molecule is COC1=C(O[Si](C)(C)C)C(c2cccc3c2[cH-]c2ccccc23)c2ccccc21.C[CH]=[Zr+2].[Cl-].[Cl-]. The van der Waals surface area contributed by atoms with Gasteiger partial charge in [0.25, 0.3) is 0 Å². The molecule has 0 aliphatic heterocycles. The molecule has 0 N–H and O–H groups in total. The van der Waals surface area contributed by atoms with Crippen LogP contribution in [-0.4, -0.2) is 19.1 Å². The number of benzene rings is 3. The molecule has 4 aromatic carbocycles. The van der Waals surface area contributed by atoms with E-state index in [0.29, 0.717) is 0 Å². The van der Waals surface area contributed by atoms with Crippen molar-refractivity contribution in [2.24, 2.45) is 0 Å². The van der Waals surface area contributed by atoms with Gasteiger partial charge in [-0.05, 0) is 25.2 Å². The first kappa shape index (κ1) is 28.7. The second-order valence-electron chi connectivity index (χ2n) is 8.96. The van der Waals surface area contributed by atoms with E-state index in [1.165, 1.54) is 56.9 Å². The van der Waals surface area contributed by atoms with Gasteiger partial charge < -0.3 is 34.0 Å². The fraction of sp³-hybridized carbons (Fsp3) is 0.214. The van der Waals surface area contributed by atoms with Crippen LogP contribution in [0.1, 0.15) is 29.5 Å². The molecule has 5 rings (SSSR count). The Morgan fingerprint density at radius 2 is 1.44 bits per heavy atom. The molecule has 0 heterocycles. The maximum absolute atomic E-state index is 6.67. The molecule has 1 atom stereocenters. The first-order valence-electron chi connectivity index (χ1n) is 11.0. The Morgan fingerprint density at radius 1 is 0.853 bits per heavy atom. The number of rotatable bonds is 4. The summed E-state index contributed by atoms with van der Waals surface area (Å²) in [6.45, 7) is 8.72. The zero-order valence-electron chi connectivity index (χ0n) is 20.2. The second kappa shape index (κ2) is 11.9. The van der Waals surface area contributed by atoms with Crippen LogP contribution >= 0.6 is 0 Å².